The second-order valence-corrected chi connectivity index (χ2v) is 7.74. The van der Waals surface area contributed by atoms with Gasteiger partial charge in [0.25, 0.3) is 0 Å². The Morgan fingerprint density at radius 1 is 1.04 bits per heavy atom. The number of amides is 1. The summed E-state index contributed by atoms with van der Waals surface area (Å²) in [6, 6.07) is 5.81. The second kappa shape index (κ2) is 8.05. The van der Waals surface area contributed by atoms with Gasteiger partial charge >= 0.3 is 0 Å². The molecule has 0 N–H and O–H groups in total. The van der Waals surface area contributed by atoms with Crippen LogP contribution in [0, 0.1) is 5.92 Å². The highest BCUT2D eigenvalue weighted by atomic mass is 35.5. The molecule has 0 saturated carbocycles. The first-order valence-corrected chi connectivity index (χ1v) is 9.42. The number of halogens is 2. The maximum atomic E-state index is 12.7. The number of carbonyl (C=O) groups excluding carboxylic acids is 1. The van der Waals surface area contributed by atoms with Gasteiger partial charge in [0.2, 0.25) is 5.91 Å². The third kappa shape index (κ3) is 4.42. The zero-order chi connectivity index (χ0) is 17.1. The minimum Gasteiger partial charge on any atom is -0.340 e. The molecule has 4 nitrogen and oxygen atoms in total. The Balaban J connectivity index is 1.48. The monoisotopic (exact) mass is 369 g/mol. The number of likely N-dealkylation sites (N-methyl/N-ethyl adjacent to an activating group) is 1. The quantitative estimate of drug-likeness (QED) is 0.819. The smallest absolute Gasteiger partial charge is 0.225 e. The fraction of sp³-hybridized carbons (Fsp3) is 0.611. The van der Waals surface area contributed by atoms with Gasteiger partial charge in [-0.3, -0.25) is 9.69 Å². The lowest BCUT2D eigenvalue weighted by Crippen LogP contribution is -2.50. The fourth-order valence-corrected chi connectivity index (χ4v) is 3.84. The molecule has 24 heavy (non-hydrogen) atoms. The number of piperidine rings is 1. The zero-order valence-electron chi connectivity index (χ0n) is 14.2. The van der Waals surface area contributed by atoms with Gasteiger partial charge in [-0.2, -0.15) is 0 Å². The van der Waals surface area contributed by atoms with Crippen LogP contribution in [-0.2, 0) is 11.3 Å². The first kappa shape index (κ1) is 18.0. The van der Waals surface area contributed by atoms with Crippen LogP contribution >= 0.6 is 23.2 Å². The van der Waals surface area contributed by atoms with Crippen LogP contribution in [0.1, 0.15) is 18.4 Å². The Morgan fingerprint density at radius 2 is 1.71 bits per heavy atom. The molecule has 0 radical (unpaired) electrons. The van der Waals surface area contributed by atoms with Crippen molar-refractivity contribution in [2.45, 2.75) is 19.4 Å². The molecule has 6 heteroatoms. The van der Waals surface area contributed by atoms with Crippen molar-refractivity contribution < 1.29 is 4.79 Å². The Labute approximate surface area is 154 Å². The molecule has 1 amide bonds. The van der Waals surface area contributed by atoms with E-state index < -0.39 is 0 Å². The summed E-state index contributed by atoms with van der Waals surface area (Å²) in [6.45, 7) is 6.52. The van der Waals surface area contributed by atoms with Gasteiger partial charge in [0.15, 0.2) is 0 Å². The Morgan fingerprint density at radius 3 is 2.33 bits per heavy atom. The number of benzene rings is 1. The van der Waals surface area contributed by atoms with Crippen molar-refractivity contribution in [3.05, 3.63) is 33.8 Å². The van der Waals surface area contributed by atoms with Crippen molar-refractivity contribution in [2.75, 3.05) is 46.3 Å². The van der Waals surface area contributed by atoms with E-state index in [1.807, 2.05) is 18.2 Å². The number of rotatable bonds is 3. The van der Waals surface area contributed by atoms with E-state index >= 15 is 0 Å². The third-order valence-corrected chi connectivity index (χ3v) is 5.88. The summed E-state index contributed by atoms with van der Waals surface area (Å²) in [6.07, 6.45) is 1.90. The molecule has 2 saturated heterocycles. The molecule has 132 valence electrons. The minimum absolute atomic E-state index is 0.193. The van der Waals surface area contributed by atoms with E-state index in [0.29, 0.717) is 16.0 Å². The number of likely N-dealkylation sites (tertiary alicyclic amines) is 1. The first-order chi connectivity index (χ1) is 11.5. The molecule has 2 fully saturated rings. The Kier molecular flexibility index (Phi) is 6.03. The number of hydrogen-bond acceptors (Lipinski definition) is 3. The lowest BCUT2D eigenvalue weighted by molar-refractivity contribution is -0.138. The fourth-order valence-electron chi connectivity index (χ4n) is 3.52. The number of nitrogens with zero attached hydrogens (tertiary/aromatic N) is 3. The second-order valence-electron chi connectivity index (χ2n) is 6.93. The summed E-state index contributed by atoms with van der Waals surface area (Å²) in [5.41, 5.74) is 1.17. The van der Waals surface area contributed by atoms with Crippen LogP contribution in [0.15, 0.2) is 18.2 Å². The van der Waals surface area contributed by atoms with Gasteiger partial charge in [0.1, 0.15) is 0 Å². The average molecular weight is 370 g/mol. The zero-order valence-corrected chi connectivity index (χ0v) is 15.7. The van der Waals surface area contributed by atoms with Gasteiger partial charge in [-0.1, -0.05) is 29.3 Å². The predicted molar refractivity (Wildman–Crippen MR) is 98.5 cm³/mol. The highest BCUT2D eigenvalue weighted by Gasteiger charge is 2.29. The summed E-state index contributed by atoms with van der Waals surface area (Å²) in [7, 11) is 2.11. The van der Waals surface area contributed by atoms with Crippen molar-refractivity contribution in [1.82, 2.24) is 14.7 Å². The van der Waals surface area contributed by atoms with Crippen LogP contribution < -0.4 is 0 Å². The normalized spacial score (nSPS) is 21.2. The van der Waals surface area contributed by atoms with Gasteiger partial charge in [-0.15, -0.1) is 0 Å². The van der Waals surface area contributed by atoms with Gasteiger partial charge in [-0.25, -0.2) is 0 Å². The van der Waals surface area contributed by atoms with Gasteiger partial charge in [-0.05, 0) is 50.7 Å². The molecule has 2 heterocycles. The summed E-state index contributed by atoms with van der Waals surface area (Å²) in [5, 5.41) is 1.20. The standard InChI is InChI=1S/C18H25Cl2N3O/c1-21-8-10-23(11-9-21)18(24)15-4-6-22(7-5-15)13-14-2-3-16(19)17(20)12-14/h2-3,12,15H,4-11,13H2,1H3. The number of piperazine rings is 1. The maximum absolute atomic E-state index is 12.7. The average Bonchev–Trinajstić information content (AvgIpc) is 2.59. The maximum Gasteiger partial charge on any atom is 0.225 e. The summed E-state index contributed by atoms with van der Waals surface area (Å²) in [5.74, 6) is 0.552. The molecule has 2 aliphatic heterocycles. The van der Waals surface area contributed by atoms with Crippen LogP contribution in [0.25, 0.3) is 0 Å². The highest BCUT2D eigenvalue weighted by Crippen LogP contribution is 2.25. The molecule has 0 aromatic heterocycles. The van der Waals surface area contributed by atoms with Crippen molar-refractivity contribution in [3.63, 3.8) is 0 Å². The number of carbonyl (C=O) groups is 1. The largest absolute Gasteiger partial charge is 0.340 e. The van der Waals surface area contributed by atoms with Gasteiger partial charge in [0, 0.05) is 38.6 Å². The molecule has 2 aliphatic rings. The van der Waals surface area contributed by atoms with Crippen LogP contribution in [0.5, 0.6) is 0 Å². The predicted octanol–water partition coefficient (Wildman–Crippen LogP) is 2.98. The third-order valence-electron chi connectivity index (χ3n) is 5.14. The van der Waals surface area contributed by atoms with E-state index in [0.717, 1.165) is 58.7 Å². The minimum atomic E-state index is 0.193. The summed E-state index contributed by atoms with van der Waals surface area (Å²) < 4.78 is 0. The SMILES string of the molecule is CN1CCN(C(=O)C2CCN(Cc3ccc(Cl)c(Cl)c3)CC2)CC1. The Hall–Kier alpha value is -0.810. The van der Waals surface area contributed by atoms with E-state index in [9.17, 15) is 4.79 Å². The van der Waals surface area contributed by atoms with Crippen LogP contribution in [0.2, 0.25) is 10.0 Å². The van der Waals surface area contributed by atoms with Crippen molar-refractivity contribution in [1.29, 1.82) is 0 Å². The van der Waals surface area contributed by atoms with E-state index in [2.05, 4.69) is 21.7 Å². The molecule has 1 aromatic carbocycles. The van der Waals surface area contributed by atoms with Crippen LogP contribution in [0.3, 0.4) is 0 Å². The molecule has 0 unspecified atom stereocenters. The molecular formula is C18H25Cl2N3O. The van der Waals surface area contributed by atoms with E-state index in [4.69, 9.17) is 23.2 Å². The molecule has 0 spiro atoms. The van der Waals surface area contributed by atoms with E-state index in [-0.39, 0.29) is 5.92 Å². The van der Waals surface area contributed by atoms with Crippen molar-refractivity contribution in [3.8, 4) is 0 Å². The van der Waals surface area contributed by atoms with E-state index in [1.165, 1.54) is 5.56 Å². The first-order valence-electron chi connectivity index (χ1n) is 8.66. The van der Waals surface area contributed by atoms with Gasteiger partial charge in [0.05, 0.1) is 10.0 Å². The topological polar surface area (TPSA) is 26.8 Å². The Bertz CT molecular complexity index is 580. The van der Waals surface area contributed by atoms with Crippen LogP contribution in [0.4, 0.5) is 0 Å². The highest BCUT2D eigenvalue weighted by molar-refractivity contribution is 6.42. The molecular weight excluding hydrogens is 345 g/mol. The summed E-state index contributed by atoms with van der Waals surface area (Å²) in [4.78, 5) is 19.4. The molecule has 1 aromatic rings. The molecule has 0 aliphatic carbocycles. The van der Waals surface area contributed by atoms with Crippen LogP contribution in [-0.4, -0.2) is 66.9 Å². The number of hydrogen-bond donors (Lipinski definition) is 0. The molecule has 3 rings (SSSR count). The molecule has 0 atom stereocenters. The van der Waals surface area contributed by atoms with Gasteiger partial charge < -0.3 is 9.80 Å². The lowest BCUT2D eigenvalue weighted by atomic mass is 9.94. The van der Waals surface area contributed by atoms with Crippen molar-refractivity contribution >= 4 is 29.1 Å². The van der Waals surface area contributed by atoms with E-state index in [1.54, 1.807) is 0 Å². The molecule has 0 bridgehead atoms. The van der Waals surface area contributed by atoms with Crippen molar-refractivity contribution in [2.24, 2.45) is 5.92 Å². The summed E-state index contributed by atoms with van der Waals surface area (Å²) >= 11 is 12.1. The lowest BCUT2D eigenvalue weighted by Gasteiger charge is -2.37.